The largest absolute Gasteiger partial charge is 0.506 e. The molecule has 1 aromatic heterocycles. The SMILES string of the molecule is CC(C)Cc1[nH]c(=O)c(-c2ccccc2)c(O)c1C(N)=O. The van der Waals surface area contributed by atoms with E-state index >= 15 is 0 Å². The maximum absolute atomic E-state index is 12.2. The summed E-state index contributed by atoms with van der Waals surface area (Å²) in [7, 11) is 0. The van der Waals surface area contributed by atoms with Crippen LogP contribution in [0.2, 0.25) is 0 Å². The number of primary amides is 1. The molecule has 1 aromatic carbocycles. The fraction of sp³-hybridized carbons (Fsp3) is 0.250. The second kappa shape index (κ2) is 5.83. The molecule has 110 valence electrons. The van der Waals surface area contributed by atoms with Crippen LogP contribution in [0.4, 0.5) is 0 Å². The monoisotopic (exact) mass is 286 g/mol. The number of aromatic amines is 1. The van der Waals surface area contributed by atoms with E-state index in [1.807, 2.05) is 13.8 Å². The van der Waals surface area contributed by atoms with Crippen molar-refractivity contribution in [3.63, 3.8) is 0 Å². The molecule has 4 N–H and O–H groups in total. The maximum atomic E-state index is 12.2. The van der Waals surface area contributed by atoms with Crippen molar-refractivity contribution in [2.45, 2.75) is 20.3 Å². The van der Waals surface area contributed by atoms with Crippen LogP contribution < -0.4 is 11.3 Å². The molecule has 0 spiro atoms. The summed E-state index contributed by atoms with van der Waals surface area (Å²) in [5.74, 6) is -0.898. The van der Waals surface area contributed by atoms with Crippen LogP contribution in [0.1, 0.15) is 29.9 Å². The lowest BCUT2D eigenvalue weighted by molar-refractivity contribution is 0.0996. The lowest BCUT2D eigenvalue weighted by Gasteiger charge is -2.13. The third-order valence-corrected chi connectivity index (χ3v) is 3.19. The topological polar surface area (TPSA) is 96.2 Å². The van der Waals surface area contributed by atoms with Crippen molar-refractivity contribution < 1.29 is 9.90 Å². The average molecular weight is 286 g/mol. The molecule has 5 heteroatoms. The molecule has 0 fully saturated rings. The number of rotatable bonds is 4. The summed E-state index contributed by atoms with van der Waals surface area (Å²) in [5.41, 5.74) is 5.90. The third-order valence-electron chi connectivity index (χ3n) is 3.19. The maximum Gasteiger partial charge on any atom is 0.259 e. The van der Waals surface area contributed by atoms with Crippen LogP contribution in [0.3, 0.4) is 0 Å². The Kier molecular flexibility index (Phi) is 4.12. The molecule has 0 saturated heterocycles. The van der Waals surface area contributed by atoms with E-state index in [1.165, 1.54) is 0 Å². The van der Waals surface area contributed by atoms with E-state index in [-0.39, 0.29) is 22.8 Å². The predicted molar refractivity (Wildman–Crippen MR) is 81.2 cm³/mol. The minimum absolute atomic E-state index is 0.0119. The van der Waals surface area contributed by atoms with Crippen molar-refractivity contribution >= 4 is 5.91 Å². The Bertz CT molecular complexity index is 718. The van der Waals surface area contributed by atoms with Crippen molar-refractivity contribution in [3.8, 4) is 16.9 Å². The quantitative estimate of drug-likeness (QED) is 0.802. The van der Waals surface area contributed by atoms with E-state index < -0.39 is 11.5 Å². The van der Waals surface area contributed by atoms with Crippen molar-refractivity contribution in [2.24, 2.45) is 11.7 Å². The Balaban J connectivity index is 2.73. The van der Waals surface area contributed by atoms with E-state index in [0.717, 1.165) is 0 Å². The van der Waals surface area contributed by atoms with Gasteiger partial charge >= 0.3 is 0 Å². The number of carbonyl (C=O) groups is 1. The number of hydrogen-bond donors (Lipinski definition) is 3. The predicted octanol–water partition coefficient (Wildman–Crippen LogP) is 2.04. The van der Waals surface area contributed by atoms with E-state index in [0.29, 0.717) is 17.7 Å². The highest BCUT2D eigenvalue weighted by molar-refractivity contribution is 5.99. The highest BCUT2D eigenvalue weighted by atomic mass is 16.3. The summed E-state index contributed by atoms with van der Waals surface area (Å²) in [6.07, 6.45) is 0.455. The van der Waals surface area contributed by atoms with Gasteiger partial charge in [-0.3, -0.25) is 9.59 Å². The van der Waals surface area contributed by atoms with E-state index in [2.05, 4.69) is 4.98 Å². The number of pyridine rings is 1. The molecular formula is C16H18N2O3. The zero-order valence-corrected chi connectivity index (χ0v) is 12.0. The molecule has 1 amide bonds. The van der Waals surface area contributed by atoms with Crippen LogP contribution in [0.5, 0.6) is 5.75 Å². The van der Waals surface area contributed by atoms with E-state index in [1.54, 1.807) is 30.3 Å². The summed E-state index contributed by atoms with van der Waals surface area (Å²) < 4.78 is 0. The number of aromatic nitrogens is 1. The molecule has 2 rings (SSSR count). The number of amides is 1. The molecule has 0 atom stereocenters. The Morgan fingerprint density at radius 3 is 2.43 bits per heavy atom. The number of nitrogens with one attached hydrogen (secondary N) is 1. The van der Waals surface area contributed by atoms with Crippen molar-refractivity contribution in [1.82, 2.24) is 4.98 Å². The van der Waals surface area contributed by atoms with Crippen LogP contribution in [0.25, 0.3) is 11.1 Å². The Labute approximate surface area is 122 Å². The highest BCUT2D eigenvalue weighted by Crippen LogP contribution is 2.30. The standard InChI is InChI=1S/C16H18N2O3/c1-9(2)8-11-13(15(17)20)14(19)12(16(21)18-11)10-6-4-3-5-7-10/h3-7,9H,8H2,1-2H3,(H2,17,20)(H2,18,19,21). The van der Waals surface area contributed by atoms with Gasteiger partial charge in [0.25, 0.3) is 11.5 Å². The number of hydrogen-bond acceptors (Lipinski definition) is 3. The van der Waals surface area contributed by atoms with Gasteiger partial charge < -0.3 is 15.8 Å². The van der Waals surface area contributed by atoms with Crippen molar-refractivity contribution in [1.29, 1.82) is 0 Å². The molecule has 0 saturated carbocycles. The van der Waals surface area contributed by atoms with Gasteiger partial charge in [0.2, 0.25) is 0 Å². The molecule has 0 unspecified atom stereocenters. The van der Waals surface area contributed by atoms with E-state index in [9.17, 15) is 14.7 Å². The molecule has 0 aliphatic carbocycles. The zero-order valence-electron chi connectivity index (χ0n) is 12.0. The average Bonchev–Trinajstić information content (AvgIpc) is 2.38. The van der Waals surface area contributed by atoms with Gasteiger partial charge in [0.1, 0.15) is 11.3 Å². The van der Waals surface area contributed by atoms with Gasteiger partial charge in [-0.05, 0) is 17.9 Å². The molecule has 0 radical (unpaired) electrons. The Hall–Kier alpha value is -2.56. The number of H-pyrrole nitrogens is 1. The van der Waals surface area contributed by atoms with Crippen LogP contribution in [-0.4, -0.2) is 16.0 Å². The molecular weight excluding hydrogens is 268 g/mol. The fourth-order valence-electron chi connectivity index (χ4n) is 2.34. The fourth-order valence-corrected chi connectivity index (χ4v) is 2.34. The minimum atomic E-state index is -0.753. The molecule has 0 aliphatic rings. The first-order valence-electron chi connectivity index (χ1n) is 6.75. The zero-order chi connectivity index (χ0) is 15.6. The van der Waals surface area contributed by atoms with Gasteiger partial charge in [-0.2, -0.15) is 0 Å². The van der Waals surface area contributed by atoms with Crippen LogP contribution in [0.15, 0.2) is 35.1 Å². The first-order chi connectivity index (χ1) is 9.91. The van der Waals surface area contributed by atoms with Crippen LogP contribution in [-0.2, 0) is 6.42 Å². The highest BCUT2D eigenvalue weighted by Gasteiger charge is 2.22. The van der Waals surface area contributed by atoms with Gasteiger partial charge in [-0.25, -0.2) is 0 Å². The molecule has 2 aromatic rings. The summed E-state index contributed by atoms with van der Waals surface area (Å²) >= 11 is 0. The van der Waals surface area contributed by atoms with Crippen LogP contribution >= 0.6 is 0 Å². The summed E-state index contributed by atoms with van der Waals surface area (Å²) in [6, 6.07) is 8.69. The van der Waals surface area contributed by atoms with Crippen LogP contribution in [0, 0.1) is 5.92 Å². The van der Waals surface area contributed by atoms with E-state index in [4.69, 9.17) is 5.73 Å². The first-order valence-corrected chi connectivity index (χ1v) is 6.75. The second-order valence-electron chi connectivity index (χ2n) is 5.36. The van der Waals surface area contributed by atoms with Gasteiger partial charge in [0.05, 0.1) is 5.56 Å². The molecule has 0 aliphatic heterocycles. The smallest absolute Gasteiger partial charge is 0.259 e. The minimum Gasteiger partial charge on any atom is -0.506 e. The van der Waals surface area contributed by atoms with Crippen molar-refractivity contribution in [3.05, 3.63) is 51.9 Å². The third kappa shape index (κ3) is 2.97. The number of carbonyl (C=O) groups excluding carboxylic acids is 1. The first kappa shape index (κ1) is 14.8. The molecule has 1 heterocycles. The van der Waals surface area contributed by atoms with Gasteiger partial charge in [0.15, 0.2) is 0 Å². The Morgan fingerprint density at radius 1 is 1.29 bits per heavy atom. The van der Waals surface area contributed by atoms with Gasteiger partial charge in [-0.1, -0.05) is 44.2 Å². The van der Waals surface area contributed by atoms with Crippen molar-refractivity contribution in [2.75, 3.05) is 0 Å². The second-order valence-corrected chi connectivity index (χ2v) is 5.36. The normalized spacial score (nSPS) is 10.8. The summed E-state index contributed by atoms with van der Waals surface area (Å²) in [6.45, 7) is 3.90. The van der Waals surface area contributed by atoms with Gasteiger partial charge in [-0.15, -0.1) is 0 Å². The lowest BCUT2D eigenvalue weighted by Crippen LogP contribution is -2.22. The number of benzene rings is 1. The molecule has 21 heavy (non-hydrogen) atoms. The number of aromatic hydroxyl groups is 1. The lowest BCUT2D eigenvalue weighted by atomic mass is 9.97. The molecule has 0 bridgehead atoms. The van der Waals surface area contributed by atoms with Gasteiger partial charge in [0, 0.05) is 5.69 Å². The summed E-state index contributed by atoms with van der Waals surface area (Å²) in [5, 5.41) is 10.4. The molecule has 5 nitrogen and oxygen atoms in total. The summed E-state index contributed by atoms with van der Waals surface area (Å²) in [4.78, 5) is 26.6. The Morgan fingerprint density at radius 2 is 1.90 bits per heavy atom. The number of nitrogens with two attached hydrogens (primary N) is 1.